The maximum absolute atomic E-state index is 5.62. The summed E-state index contributed by atoms with van der Waals surface area (Å²) in [4.78, 5) is 6.80. The Morgan fingerprint density at radius 1 is 1.00 bits per heavy atom. The molecule has 1 N–H and O–H groups in total. The predicted molar refractivity (Wildman–Crippen MR) is 97.7 cm³/mol. The summed E-state index contributed by atoms with van der Waals surface area (Å²) in [5.41, 5.74) is 3.33. The lowest BCUT2D eigenvalue weighted by Gasteiger charge is -2.19. The van der Waals surface area contributed by atoms with Gasteiger partial charge in [0.15, 0.2) is 17.3 Å². The van der Waals surface area contributed by atoms with E-state index in [-0.39, 0.29) is 0 Å². The molecule has 0 fully saturated rings. The molecule has 7 nitrogen and oxygen atoms in total. The smallest absolute Gasteiger partial charge is 0.249 e. The van der Waals surface area contributed by atoms with Crippen LogP contribution in [0, 0.1) is 0 Å². The number of para-hydroxylation sites is 1. The summed E-state index contributed by atoms with van der Waals surface area (Å²) in [5, 5.41) is 11.4. The quantitative estimate of drug-likeness (QED) is 0.780. The molecule has 3 heterocycles. The highest BCUT2D eigenvalue weighted by Crippen LogP contribution is 2.35. The van der Waals surface area contributed by atoms with E-state index in [0.29, 0.717) is 19.2 Å². The topological polar surface area (TPSA) is 72.4 Å². The first kappa shape index (κ1) is 14.9. The fraction of sp³-hybridized carbons (Fsp3) is 0.211. The summed E-state index contributed by atoms with van der Waals surface area (Å²) in [5.74, 6) is 2.70. The number of benzene rings is 2. The molecule has 5 rings (SSSR count). The molecule has 0 radical (unpaired) electrons. The number of fused-ring (bicyclic) bond motifs is 2. The molecule has 2 aromatic carbocycles. The maximum Gasteiger partial charge on any atom is 0.249 e. The minimum atomic E-state index is 0.448. The van der Waals surface area contributed by atoms with Gasteiger partial charge in [0.2, 0.25) is 5.95 Å². The van der Waals surface area contributed by atoms with Crippen molar-refractivity contribution in [1.82, 2.24) is 15.2 Å². The van der Waals surface area contributed by atoms with Gasteiger partial charge in [-0.1, -0.05) is 18.2 Å². The fourth-order valence-electron chi connectivity index (χ4n) is 3.30. The van der Waals surface area contributed by atoms with E-state index >= 15 is 0 Å². The second kappa shape index (κ2) is 6.18. The van der Waals surface area contributed by atoms with Crippen LogP contribution in [0.15, 0.2) is 48.7 Å². The standard InChI is InChI=1S/C19H17N5O2/c1-2-4-15-13(3-1)7-8-24(15)18-12-20-23-19(22-18)21-14-5-6-16-17(11-14)26-10-9-25-16/h1-6,11-12H,7-10H2,(H,21,22,23). The fourth-order valence-corrected chi connectivity index (χ4v) is 3.30. The molecule has 3 aromatic rings. The van der Waals surface area contributed by atoms with Gasteiger partial charge in [0.05, 0.1) is 6.20 Å². The number of nitrogens with zero attached hydrogens (tertiary/aromatic N) is 4. The monoisotopic (exact) mass is 347 g/mol. The molecular formula is C19H17N5O2. The zero-order valence-corrected chi connectivity index (χ0v) is 14.1. The Kier molecular flexibility index (Phi) is 3.55. The molecule has 2 aliphatic rings. The summed E-state index contributed by atoms with van der Waals surface area (Å²) in [7, 11) is 0. The third-order valence-electron chi connectivity index (χ3n) is 4.51. The Hall–Kier alpha value is -3.35. The van der Waals surface area contributed by atoms with Gasteiger partial charge in [-0.3, -0.25) is 0 Å². The molecule has 0 saturated carbocycles. The van der Waals surface area contributed by atoms with E-state index in [1.54, 1.807) is 6.20 Å². The Bertz CT molecular complexity index is 962. The van der Waals surface area contributed by atoms with Crippen LogP contribution in [0.1, 0.15) is 5.56 Å². The zero-order chi connectivity index (χ0) is 17.3. The van der Waals surface area contributed by atoms with Crippen molar-refractivity contribution in [2.24, 2.45) is 0 Å². The predicted octanol–water partition coefficient (Wildman–Crippen LogP) is 3.08. The molecule has 26 heavy (non-hydrogen) atoms. The van der Waals surface area contributed by atoms with Gasteiger partial charge in [-0.15, -0.1) is 5.10 Å². The first-order valence-corrected chi connectivity index (χ1v) is 8.59. The minimum absolute atomic E-state index is 0.448. The van der Waals surface area contributed by atoms with Crippen LogP contribution in [0.3, 0.4) is 0 Å². The van der Waals surface area contributed by atoms with Gasteiger partial charge < -0.3 is 19.7 Å². The highest BCUT2D eigenvalue weighted by Gasteiger charge is 2.21. The largest absolute Gasteiger partial charge is 0.486 e. The summed E-state index contributed by atoms with van der Waals surface area (Å²) in [6, 6.07) is 14.0. The third kappa shape index (κ3) is 2.67. The average molecular weight is 347 g/mol. The molecule has 0 unspecified atom stereocenters. The van der Waals surface area contributed by atoms with Gasteiger partial charge in [-0.25, -0.2) is 0 Å². The van der Waals surface area contributed by atoms with Crippen molar-refractivity contribution in [2.45, 2.75) is 6.42 Å². The van der Waals surface area contributed by atoms with E-state index in [9.17, 15) is 0 Å². The molecular weight excluding hydrogens is 330 g/mol. The lowest BCUT2D eigenvalue weighted by atomic mass is 10.2. The van der Waals surface area contributed by atoms with Crippen LogP contribution >= 0.6 is 0 Å². The number of hydrogen-bond acceptors (Lipinski definition) is 7. The molecule has 0 atom stereocenters. The van der Waals surface area contributed by atoms with Crippen molar-refractivity contribution in [2.75, 3.05) is 30.0 Å². The maximum atomic E-state index is 5.62. The van der Waals surface area contributed by atoms with Crippen LogP contribution in [-0.2, 0) is 6.42 Å². The number of anilines is 4. The summed E-state index contributed by atoms with van der Waals surface area (Å²) >= 11 is 0. The van der Waals surface area contributed by atoms with Gasteiger partial charge in [0, 0.05) is 24.0 Å². The van der Waals surface area contributed by atoms with Crippen molar-refractivity contribution in [3.8, 4) is 11.5 Å². The van der Waals surface area contributed by atoms with Crippen molar-refractivity contribution in [3.05, 3.63) is 54.2 Å². The van der Waals surface area contributed by atoms with Gasteiger partial charge >= 0.3 is 0 Å². The molecule has 0 amide bonds. The Morgan fingerprint density at radius 2 is 1.88 bits per heavy atom. The van der Waals surface area contributed by atoms with Gasteiger partial charge in [0.25, 0.3) is 0 Å². The van der Waals surface area contributed by atoms with E-state index in [1.807, 2.05) is 24.3 Å². The lowest BCUT2D eigenvalue weighted by molar-refractivity contribution is 0.171. The van der Waals surface area contributed by atoms with Crippen LogP contribution in [0.2, 0.25) is 0 Å². The normalized spacial score (nSPS) is 14.8. The molecule has 0 aliphatic carbocycles. The summed E-state index contributed by atoms with van der Waals surface area (Å²) in [6.45, 7) is 2.02. The Labute approximate surface area is 150 Å². The number of ether oxygens (including phenoxy) is 2. The number of rotatable bonds is 3. The van der Waals surface area contributed by atoms with E-state index in [0.717, 1.165) is 36.0 Å². The highest BCUT2D eigenvalue weighted by molar-refractivity contribution is 5.68. The summed E-state index contributed by atoms with van der Waals surface area (Å²) < 4.78 is 11.2. The molecule has 0 saturated heterocycles. The first-order chi connectivity index (χ1) is 12.9. The molecule has 0 spiro atoms. The minimum Gasteiger partial charge on any atom is -0.486 e. The van der Waals surface area contributed by atoms with Gasteiger partial charge in [0.1, 0.15) is 13.2 Å². The molecule has 1 aromatic heterocycles. The first-order valence-electron chi connectivity index (χ1n) is 8.59. The van der Waals surface area contributed by atoms with E-state index in [4.69, 9.17) is 9.47 Å². The molecule has 2 aliphatic heterocycles. The van der Waals surface area contributed by atoms with Crippen LogP contribution in [-0.4, -0.2) is 34.9 Å². The average Bonchev–Trinajstić information content (AvgIpc) is 3.12. The third-order valence-corrected chi connectivity index (χ3v) is 4.51. The van der Waals surface area contributed by atoms with Crippen LogP contribution < -0.4 is 19.7 Å². The summed E-state index contributed by atoms with van der Waals surface area (Å²) in [6.07, 6.45) is 2.70. The number of aromatic nitrogens is 3. The Morgan fingerprint density at radius 3 is 2.85 bits per heavy atom. The molecule has 130 valence electrons. The van der Waals surface area contributed by atoms with Crippen LogP contribution in [0.25, 0.3) is 0 Å². The molecule has 7 heteroatoms. The molecule has 0 bridgehead atoms. The van der Waals surface area contributed by atoms with Crippen molar-refractivity contribution < 1.29 is 9.47 Å². The Balaban J connectivity index is 1.41. The second-order valence-corrected chi connectivity index (χ2v) is 6.15. The van der Waals surface area contributed by atoms with Crippen molar-refractivity contribution in [1.29, 1.82) is 0 Å². The van der Waals surface area contributed by atoms with Crippen LogP contribution in [0.4, 0.5) is 23.1 Å². The lowest BCUT2D eigenvalue weighted by Crippen LogP contribution is -2.16. The van der Waals surface area contributed by atoms with Crippen molar-refractivity contribution >= 4 is 23.1 Å². The number of hydrogen-bond donors (Lipinski definition) is 1. The van der Waals surface area contributed by atoms with E-state index in [1.165, 1.54) is 11.3 Å². The van der Waals surface area contributed by atoms with Gasteiger partial charge in [-0.05, 0) is 30.2 Å². The van der Waals surface area contributed by atoms with Crippen LogP contribution in [0.5, 0.6) is 11.5 Å². The number of nitrogens with one attached hydrogen (secondary N) is 1. The van der Waals surface area contributed by atoms with E-state index < -0.39 is 0 Å². The SMILES string of the molecule is c1ccc2c(c1)CCN2c1cnnc(Nc2ccc3c(c2)OCCO3)n1. The zero-order valence-electron chi connectivity index (χ0n) is 14.1. The van der Waals surface area contributed by atoms with Crippen molar-refractivity contribution in [3.63, 3.8) is 0 Å². The van der Waals surface area contributed by atoms with Gasteiger partial charge in [-0.2, -0.15) is 10.1 Å². The second-order valence-electron chi connectivity index (χ2n) is 6.15. The van der Waals surface area contributed by atoms with E-state index in [2.05, 4.69) is 43.6 Å². The highest BCUT2D eigenvalue weighted by atomic mass is 16.6.